The maximum absolute atomic E-state index is 13.1. The molecule has 0 saturated heterocycles. The SMILES string of the molecule is COC(=O)c1c(NC(=O)c2sc3nc4c(cc3c2N)CCC4)sc2c1CCCC2. The molecular weight excluding hydrogens is 406 g/mol. The van der Waals surface area contributed by atoms with Crippen LogP contribution in [0.1, 0.15) is 61.0 Å². The second-order valence-corrected chi connectivity index (χ2v) is 9.61. The second-order valence-electron chi connectivity index (χ2n) is 7.51. The van der Waals surface area contributed by atoms with Crippen molar-refractivity contribution < 1.29 is 14.3 Å². The van der Waals surface area contributed by atoms with Gasteiger partial charge in [0, 0.05) is 16.0 Å². The summed E-state index contributed by atoms with van der Waals surface area (Å²) in [6.07, 6.45) is 7.02. The minimum atomic E-state index is -0.401. The number of nitrogen functional groups attached to an aromatic ring is 1. The molecule has 0 aromatic carbocycles. The van der Waals surface area contributed by atoms with Crippen molar-refractivity contribution in [1.82, 2.24) is 4.98 Å². The molecule has 150 valence electrons. The first-order chi connectivity index (χ1) is 14.1. The number of hydrogen-bond acceptors (Lipinski definition) is 7. The maximum atomic E-state index is 13.1. The lowest BCUT2D eigenvalue weighted by Gasteiger charge is -2.11. The average Bonchev–Trinajstić information content (AvgIpc) is 3.41. The number of fused-ring (bicyclic) bond motifs is 3. The molecule has 0 aliphatic heterocycles. The van der Waals surface area contributed by atoms with Gasteiger partial charge in [0.2, 0.25) is 0 Å². The number of pyridine rings is 1. The summed E-state index contributed by atoms with van der Waals surface area (Å²) < 4.78 is 4.99. The Bertz CT molecular complexity index is 1160. The van der Waals surface area contributed by atoms with Crippen LogP contribution in [0.5, 0.6) is 0 Å². The number of carbonyl (C=O) groups is 2. The standard InChI is InChI=1S/C21H21N3O3S2/c1-27-21(26)15-11-6-2-3-8-14(11)28-20(15)24-18(25)17-16(22)12-9-10-5-4-7-13(10)23-19(12)29-17/h9H,2-8,22H2,1H3,(H,24,25). The summed E-state index contributed by atoms with van der Waals surface area (Å²) in [5.41, 5.74) is 10.7. The van der Waals surface area contributed by atoms with Crippen molar-refractivity contribution in [2.24, 2.45) is 0 Å². The van der Waals surface area contributed by atoms with Gasteiger partial charge < -0.3 is 15.8 Å². The molecule has 3 N–H and O–H groups in total. The normalized spacial score (nSPS) is 15.2. The van der Waals surface area contributed by atoms with E-state index in [0.717, 1.165) is 71.3 Å². The highest BCUT2D eigenvalue weighted by atomic mass is 32.1. The molecule has 6 nitrogen and oxygen atoms in total. The van der Waals surface area contributed by atoms with Crippen LogP contribution in [0, 0.1) is 0 Å². The highest BCUT2D eigenvalue weighted by Gasteiger charge is 2.28. The Morgan fingerprint density at radius 3 is 2.79 bits per heavy atom. The van der Waals surface area contributed by atoms with Gasteiger partial charge in [0.25, 0.3) is 5.91 Å². The van der Waals surface area contributed by atoms with Gasteiger partial charge in [-0.2, -0.15) is 0 Å². The number of nitrogens with one attached hydrogen (secondary N) is 1. The van der Waals surface area contributed by atoms with Crippen molar-refractivity contribution in [3.8, 4) is 0 Å². The van der Waals surface area contributed by atoms with Crippen molar-refractivity contribution in [2.75, 3.05) is 18.2 Å². The molecule has 1 amide bonds. The molecule has 2 aliphatic rings. The van der Waals surface area contributed by atoms with Crippen LogP contribution in [-0.4, -0.2) is 24.0 Å². The number of esters is 1. The number of nitrogens with two attached hydrogens (primary N) is 1. The fourth-order valence-corrected chi connectivity index (χ4v) is 6.56. The van der Waals surface area contributed by atoms with E-state index in [2.05, 4.69) is 11.4 Å². The monoisotopic (exact) mass is 427 g/mol. The van der Waals surface area contributed by atoms with Gasteiger partial charge in [-0.1, -0.05) is 0 Å². The summed E-state index contributed by atoms with van der Waals surface area (Å²) in [4.78, 5) is 32.6. The van der Waals surface area contributed by atoms with Crippen molar-refractivity contribution in [3.05, 3.63) is 38.2 Å². The number of anilines is 2. The van der Waals surface area contributed by atoms with Gasteiger partial charge in [0.1, 0.15) is 14.7 Å². The summed E-state index contributed by atoms with van der Waals surface area (Å²) >= 11 is 2.79. The van der Waals surface area contributed by atoms with E-state index in [1.165, 1.54) is 35.3 Å². The Labute approximate surface area is 176 Å². The number of rotatable bonds is 3. The number of thiophene rings is 2. The number of methoxy groups -OCH3 is 1. The van der Waals surface area contributed by atoms with Crippen LogP contribution < -0.4 is 11.1 Å². The van der Waals surface area contributed by atoms with Crippen LogP contribution >= 0.6 is 22.7 Å². The van der Waals surface area contributed by atoms with Crippen molar-refractivity contribution in [1.29, 1.82) is 0 Å². The van der Waals surface area contributed by atoms with Crippen LogP contribution in [0.3, 0.4) is 0 Å². The largest absolute Gasteiger partial charge is 0.465 e. The molecule has 0 fully saturated rings. The summed E-state index contributed by atoms with van der Waals surface area (Å²) in [6, 6.07) is 2.08. The lowest BCUT2D eigenvalue weighted by Crippen LogP contribution is -2.15. The Morgan fingerprint density at radius 2 is 1.97 bits per heavy atom. The molecule has 2 aliphatic carbocycles. The number of ether oxygens (including phenoxy) is 1. The van der Waals surface area contributed by atoms with E-state index in [-0.39, 0.29) is 5.91 Å². The quantitative estimate of drug-likeness (QED) is 0.606. The van der Waals surface area contributed by atoms with Gasteiger partial charge in [-0.25, -0.2) is 9.78 Å². The van der Waals surface area contributed by atoms with Crippen LogP contribution in [0.4, 0.5) is 10.7 Å². The highest BCUT2D eigenvalue weighted by Crippen LogP contribution is 2.40. The number of nitrogens with zero attached hydrogens (tertiary/aromatic N) is 1. The molecule has 29 heavy (non-hydrogen) atoms. The smallest absolute Gasteiger partial charge is 0.341 e. The van der Waals surface area contributed by atoms with Gasteiger partial charge in [-0.3, -0.25) is 4.79 Å². The van der Waals surface area contributed by atoms with Gasteiger partial charge in [0.05, 0.1) is 18.4 Å². The molecule has 0 unspecified atom stereocenters. The van der Waals surface area contributed by atoms with Crippen molar-refractivity contribution in [3.63, 3.8) is 0 Å². The predicted molar refractivity (Wildman–Crippen MR) is 116 cm³/mol. The molecule has 0 atom stereocenters. The molecular formula is C21H21N3O3S2. The number of aryl methyl sites for hydroxylation is 3. The van der Waals surface area contributed by atoms with E-state index in [9.17, 15) is 9.59 Å². The van der Waals surface area contributed by atoms with E-state index < -0.39 is 5.97 Å². The summed E-state index contributed by atoms with van der Waals surface area (Å²) in [6.45, 7) is 0. The third-order valence-corrected chi connectivity index (χ3v) is 8.06. The zero-order chi connectivity index (χ0) is 20.1. The first-order valence-corrected chi connectivity index (χ1v) is 11.4. The number of amides is 1. The molecule has 0 bridgehead atoms. The Hall–Kier alpha value is -2.45. The van der Waals surface area contributed by atoms with Crippen LogP contribution in [-0.2, 0) is 30.4 Å². The Balaban J connectivity index is 1.52. The summed E-state index contributed by atoms with van der Waals surface area (Å²) in [5.74, 6) is -0.698. The summed E-state index contributed by atoms with van der Waals surface area (Å²) in [7, 11) is 1.37. The van der Waals surface area contributed by atoms with E-state index in [1.54, 1.807) is 0 Å². The minimum absolute atomic E-state index is 0.297. The van der Waals surface area contributed by atoms with Crippen molar-refractivity contribution in [2.45, 2.75) is 44.9 Å². The molecule has 8 heteroatoms. The second kappa shape index (κ2) is 7.11. The molecule has 3 aromatic heterocycles. The Morgan fingerprint density at radius 1 is 1.14 bits per heavy atom. The molecule has 3 aromatic rings. The maximum Gasteiger partial charge on any atom is 0.341 e. The third-order valence-electron chi connectivity index (χ3n) is 5.74. The molecule has 5 rings (SSSR count). The highest BCUT2D eigenvalue weighted by molar-refractivity contribution is 7.21. The number of hydrogen-bond donors (Lipinski definition) is 2. The van der Waals surface area contributed by atoms with E-state index >= 15 is 0 Å². The summed E-state index contributed by atoms with van der Waals surface area (Å²) in [5, 5.41) is 4.34. The number of carbonyl (C=O) groups excluding carboxylic acids is 2. The molecule has 3 heterocycles. The van der Waals surface area contributed by atoms with Gasteiger partial charge >= 0.3 is 5.97 Å². The minimum Gasteiger partial charge on any atom is -0.465 e. The average molecular weight is 428 g/mol. The fraction of sp³-hybridized carbons (Fsp3) is 0.381. The van der Waals surface area contributed by atoms with E-state index in [0.29, 0.717) is 21.1 Å². The predicted octanol–water partition coefficient (Wildman–Crippen LogP) is 4.35. The first kappa shape index (κ1) is 18.6. The lowest BCUT2D eigenvalue weighted by molar-refractivity contribution is 0.0601. The lowest BCUT2D eigenvalue weighted by atomic mass is 9.95. The zero-order valence-corrected chi connectivity index (χ0v) is 17.7. The molecule has 0 spiro atoms. The number of aromatic nitrogens is 1. The van der Waals surface area contributed by atoms with E-state index in [4.69, 9.17) is 15.5 Å². The third kappa shape index (κ3) is 3.02. The van der Waals surface area contributed by atoms with Gasteiger partial charge in [0.15, 0.2) is 0 Å². The van der Waals surface area contributed by atoms with Gasteiger partial charge in [-0.15, -0.1) is 22.7 Å². The fourth-order valence-electron chi connectivity index (χ4n) is 4.30. The zero-order valence-electron chi connectivity index (χ0n) is 16.1. The molecule has 0 saturated carbocycles. The first-order valence-electron chi connectivity index (χ1n) is 9.81. The van der Waals surface area contributed by atoms with Gasteiger partial charge in [-0.05, 0) is 62.1 Å². The topological polar surface area (TPSA) is 94.3 Å². The van der Waals surface area contributed by atoms with Crippen LogP contribution in [0.25, 0.3) is 10.2 Å². The molecule has 0 radical (unpaired) electrons. The Kier molecular flexibility index (Phi) is 4.55. The van der Waals surface area contributed by atoms with Crippen LogP contribution in [0.2, 0.25) is 0 Å². The van der Waals surface area contributed by atoms with Crippen LogP contribution in [0.15, 0.2) is 6.07 Å². The van der Waals surface area contributed by atoms with E-state index in [1.807, 2.05) is 0 Å². The van der Waals surface area contributed by atoms with Crippen molar-refractivity contribution >= 4 is 55.5 Å².